The van der Waals surface area contributed by atoms with E-state index in [9.17, 15) is 0 Å². The van der Waals surface area contributed by atoms with Crippen molar-refractivity contribution in [2.75, 3.05) is 0 Å². The van der Waals surface area contributed by atoms with Crippen LogP contribution in [0.25, 0.3) is 10.9 Å². The summed E-state index contributed by atoms with van der Waals surface area (Å²) in [5.41, 5.74) is 1.06. The number of hydrogen-bond donors (Lipinski definition) is 0. The Hall–Kier alpha value is -0.980. The lowest BCUT2D eigenvalue weighted by molar-refractivity contribution is 0.605. The Morgan fingerprint density at radius 2 is 1.77 bits per heavy atom. The molecule has 0 aliphatic carbocycles. The molecule has 66 valence electrons. The zero-order valence-corrected chi connectivity index (χ0v) is 8.37. The number of benzene rings is 1. The van der Waals surface area contributed by atoms with E-state index >= 15 is 0 Å². The molecule has 0 N–H and O–H groups in total. The van der Waals surface area contributed by atoms with Gasteiger partial charge in [-0.2, -0.15) is 0 Å². The van der Waals surface area contributed by atoms with Crippen molar-refractivity contribution in [1.82, 2.24) is 4.98 Å². The first-order valence-corrected chi connectivity index (χ1v) is 5.33. The maximum Gasteiger partial charge on any atom is 0.267 e. The number of pyridine rings is 1. The first-order chi connectivity index (χ1) is 6.38. The van der Waals surface area contributed by atoms with E-state index in [0.29, 0.717) is 0 Å². The number of hydrogen-bond acceptors (Lipinski definition) is 2. The summed E-state index contributed by atoms with van der Waals surface area (Å²) in [6, 6.07) is 12.1. The van der Waals surface area contributed by atoms with E-state index in [4.69, 9.17) is 4.57 Å². The Morgan fingerprint density at radius 3 is 2.46 bits per heavy atom. The number of fused-ring (bicyclic) bond motifs is 1. The van der Waals surface area contributed by atoms with Gasteiger partial charge in [0.1, 0.15) is 0 Å². The largest absolute Gasteiger partial charge is 0.267 e. The quantitative estimate of drug-likeness (QED) is 0.623. The fourth-order valence-electron chi connectivity index (χ4n) is 1.02. The lowest BCUT2D eigenvalue weighted by Crippen LogP contribution is -1.73. The highest BCUT2D eigenvalue weighted by Crippen LogP contribution is 2.07. The average Bonchev–Trinajstić information content (AvgIpc) is 2.19. The zero-order chi connectivity index (χ0) is 9.52. The molecule has 2 nitrogen and oxygen atoms in total. The number of rotatable bonds is 0. The van der Waals surface area contributed by atoms with Gasteiger partial charge in [0, 0.05) is 11.6 Å². The minimum absolute atomic E-state index is 0.361. The molecule has 0 fully saturated rings. The van der Waals surface area contributed by atoms with E-state index in [1.165, 1.54) is 5.39 Å². The molecule has 0 aliphatic rings. The van der Waals surface area contributed by atoms with Crippen molar-refractivity contribution < 1.29 is 4.57 Å². The molecule has 1 aromatic carbocycles. The van der Waals surface area contributed by atoms with Crippen LogP contribution in [0, 0.1) is 0 Å². The monoisotopic (exact) mass is 211 g/mol. The fraction of sp³-hybridized carbons (Fsp3) is 0. The topological polar surface area (TPSA) is 30.0 Å². The molecule has 4 heteroatoms. The summed E-state index contributed by atoms with van der Waals surface area (Å²) in [5, 5.41) is 1.20. The van der Waals surface area contributed by atoms with Crippen molar-refractivity contribution in [2.45, 2.75) is 0 Å². The highest BCUT2D eigenvalue weighted by molar-refractivity contribution is 7.57. The third-order valence-corrected chi connectivity index (χ3v) is 1.51. The molecular formula is C9H7ClNOP. The van der Waals surface area contributed by atoms with Crippen LogP contribution in [-0.2, 0) is 4.57 Å². The molecule has 13 heavy (non-hydrogen) atoms. The molecule has 0 unspecified atom stereocenters. The zero-order valence-electron chi connectivity index (χ0n) is 6.72. The molecule has 2 aromatic rings. The molecular weight excluding hydrogens is 205 g/mol. The van der Waals surface area contributed by atoms with Crippen LogP contribution >= 0.6 is 19.1 Å². The first-order valence-electron chi connectivity index (χ1n) is 3.62. The Morgan fingerprint density at radius 1 is 1.15 bits per heavy atom. The molecule has 2 rings (SSSR count). The van der Waals surface area contributed by atoms with Gasteiger partial charge in [-0.3, -0.25) is 9.55 Å². The van der Waals surface area contributed by atoms with Gasteiger partial charge in [-0.1, -0.05) is 24.3 Å². The van der Waals surface area contributed by atoms with Gasteiger partial charge in [0.2, 0.25) is 0 Å². The molecule has 0 aliphatic heterocycles. The fourth-order valence-corrected chi connectivity index (χ4v) is 1.02. The van der Waals surface area contributed by atoms with Crippen LogP contribution in [0.3, 0.4) is 0 Å². The lowest BCUT2D eigenvalue weighted by Gasteiger charge is -1.91. The molecule has 0 amide bonds. The van der Waals surface area contributed by atoms with E-state index in [0.717, 1.165) is 5.52 Å². The van der Waals surface area contributed by atoms with Gasteiger partial charge < -0.3 is 0 Å². The molecule has 1 aromatic heterocycles. The van der Waals surface area contributed by atoms with Crippen LogP contribution in [0.2, 0.25) is 0 Å². The van der Waals surface area contributed by atoms with Gasteiger partial charge in [0.25, 0.3) is 7.81 Å². The van der Waals surface area contributed by atoms with Crippen LogP contribution in [0.5, 0.6) is 0 Å². The van der Waals surface area contributed by atoms with Crippen molar-refractivity contribution in [3.05, 3.63) is 42.6 Å². The lowest BCUT2D eigenvalue weighted by atomic mass is 10.2. The van der Waals surface area contributed by atoms with E-state index in [2.05, 4.69) is 28.4 Å². The minimum Gasteiger partial charge on any atom is -0.256 e. The SMILES string of the molecule is O=PCl.c1ccc2ncccc2c1. The normalized spacial score (nSPS) is 9.31. The van der Waals surface area contributed by atoms with Crippen molar-refractivity contribution in [2.24, 2.45) is 0 Å². The van der Waals surface area contributed by atoms with Crippen molar-refractivity contribution in [3.63, 3.8) is 0 Å². The van der Waals surface area contributed by atoms with Crippen LogP contribution in [-0.4, -0.2) is 4.98 Å². The van der Waals surface area contributed by atoms with Gasteiger partial charge in [0.15, 0.2) is 0 Å². The second kappa shape index (κ2) is 5.63. The molecule has 0 atom stereocenters. The number of aromatic nitrogens is 1. The maximum atomic E-state index is 8.67. The van der Waals surface area contributed by atoms with Gasteiger partial charge in [0.05, 0.1) is 5.52 Å². The second-order valence-electron chi connectivity index (χ2n) is 2.27. The predicted octanol–water partition coefficient (Wildman–Crippen LogP) is 3.67. The van der Waals surface area contributed by atoms with E-state index in [1.807, 2.05) is 30.5 Å². The second-order valence-corrected chi connectivity index (χ2v) is 2.82. The van der Waals surface area contributed by atoms with Crippen molar-refractivity contribution in [1.29, 1.82) is 0 Å². The predicted molar refractivity (Wildman–Crippen MR) is 55.2 cm³/mol. The van der Waals surface area contributed by atoms with Crippen molar-refractivity contribution >= 4 is 30.0 Å². The van der Waals surface area contributed by atoms with Gasteiger partial charge in [-0.15, -0.1) is 0 Å². The standard InChI is InChI=1S/C9H7N.ClOP/c1-2-6-9-8(4-1)5-3-7-10-9;1-3-2/h1-7H;. The van der Waals surface area contributed by atoms with E-state index < -0.39 is 0 Å². The van der Waals surface area contributed by atoms with Crippen LogP contribution in [0.15, 0.2) is 42.6 Å². The Labute approximate surface area is 82.6 Å². The van der Waals surface area contributed by atoms with Crippen LogP contribution in [0.1, 0.15) is 0 Å². The maximum absolute atomic E-state index is 8.67. The summed E-state index contributed by atoms with van der Waals surface area (Å²) < 4.78 is 8.67. The summed E-state index contributed by atoms with van der Waals surface area (Å²) in [6.45, 7) is 0. The van der Waals surface area contributed by atoms with Crippen molar-refractivity contribution in [3.8, 4) is 0 Å². The summed E-state index contributed by atoms with van der Waals surface area (Å²) in [4.78, 5) is 4.18. The smallest absolute Gasteiger partial charge is 0.256 e. The molecule has 0 radical (unpaired) electrons. The summed E-state index contributed by atoms with van der Waals surface area (Å²) in [5.74, 6) is 0. The number of para-hydroxylation sites is 1. The highest BCUT2D eigenvalue weighted by atomic mass is 35.7. The molecule has 0 saturated heterocycles. The van der Waals surface area contributed by atoms with Gasteiger partial charge in [-0.25, -0.2) is 0 Å². The first kappa shape index (κ1) is 10.1. The number of nitrogens with zero attached hydrogens (tertiary/aromatic N) is 1. The van der Waals surface area contributed by atoms with Crippen LogP contribution < -0.4 is 0 Å². The minimum atomic E-state index is -0.361. The van der Waals surface area contributed by atoms with Gasteiger partial charge >= 0.3 is 0 Å². The summed E-state index contributed by atoms with van der Waals surface area (Å²) in [6.07, 6.45) is 1.81. The highest BCUT2D eigenvalue weighted by Gasteiger charge is 1.86. The van der Waals surface area contributed by atoms with E-state index in [-0.39, 0.29) is 7.81 Å². The summed E-state index contributed by atoms with van der Waals surface area (Å²) in [7, 11) is -0.361. The Kier molecular flexibility index (Phi) is 4.37. The van der Waals surface area contributed by atoms with E-state index in [1.54, 1.807) is 0 Å². The Bertz CT molecular complexity index is 329. The molecule has 0 bridgehead atoms. The molecule has 1 heterocycles. The van der Waals surface area contributed by atoms with Crippen LogP contribution in [0.4, 0.5) is 0 Å². The third-order valence-electron chi connectivity index (χ3n) is 1.51. The third kappa shape index (κ3) is 3.10. The molecule has 0 spiro atoms. The summed E-state index contributed by atoms with van der Waals surface area (Å²) >= 11 is 4.42. The number of halogens is 1. The van der Waals surface area contributed by atoms with Gasteiger partial charge in [-0.05, 0) is 23.4 Å². The average molecular weight is 212 g/mol. The molecule has 0 saturated carbocycles. The Balaban J connectivity index is 0.000000251.